The number of halogens is 1. The van der Waals surface area contributed by atoms with Gasteiger partial charge < -0.3 is 10.6 Å². The van der Waals surface area contributed by atoms with Gasteiger partial charge in [0.25, 0.3) is 0 Å². The van der Waals surface area contributed by atoms with Crippen molar-refractivity contribution in [3.05, 3.63) is 0 Å². The molecule has 1 amide bonds. The molecule has 0 spiro atoms. The van der Waals surface area contributed by atoms with Crippen LogP contribution in [-0.2, 0) is 4.79 Å². The number of hydrogen-bond acceptors (Lipinski definition) is 2. The number of piperidine rings is 1. The standard InChI is InChI=1S/C7H12N2O.ClH/c1-4(10)9-2-5-6(3-9)7(5)8;/h5-7H,2-3,8H2,1H3;1H. The first-order valence-corrected chi connectivity index (χ1v) is 3.71. The van der Waals surface area contributed by atoms with Gasteiger partial charge in [0.1, 0.15) is 0 Å². The van der Waals surface area contributed by atoms with Crippen LogP contribution in [0.25, 0.3) is 0 Å². The third kappa shape index (κ3) is 1.23. The summed E-state index contributed by atoms with van der Waals surface area (Å²) >= 11 is 0. The van der Waals surface area contributed by atoms with Crippen LogP contribution in [0.5, 0.6) is 0 Å². The van der Waals surface area contributed by atoms with Crippen molar-refractivity contribution < 1.29 is 4.79 Å². The van der Waals surface area contributed by atoms with Gasteiger partial charge in [-0.3, -0.25) is 4.79 Å². The fourth-order valence-electron chi connectivity index (χ4n) is 1.83. The summed E-state index contributed by atoms with van der Waals surface area (Å²) < 4.78 is 0. The molecule has 0 aromatic heterocycles. The number of nitrogens with zero attached hydrogens (tertiary/aromatic N) is 1. The predicted molar refractivity (Wildman–Crippen MR) is 44.5 cm³/mol. The second kappa shape index (κ2) is 2.64. The van der Waals surface area contributed by atoms with Crippen LogP contribution in [0.3, 0.4) is 0 Å². The zero-order valence-electron chi connectivity index (χ0n) is 6.49. The van der Waals surface area contributed by atoms with E-state index in [1.807, 2.05) is 4.90 Å². The maximum atomic E-state index is 10.8. The largest absolute Gasteiger partial charge is 0.342 e. The molecule has 3 nitrogen and oxygen atoms in total. The van der Waals surface area contributed by atoms with Crippen LogP contribution in [-0.4, -0.2) is 29.9 Å². The molecule has 0 bridgehead atoms. The van der Waals surface area contributed by atoms with E-state index in [1.165, 1.54) is 0 Å². The Morgan fingerprint density at radius 1 is 1.45 bits per heavy atom. The summed E-state index contributed by atoms with van der Waals surface area (Å²) in [5.41, 5.74) is 5.70. The molecule has 4 heteroatoms. The van der Waals surface area contributed by atoms with Crippen LogP contribution in [0.2, 0.25) is 0 Å². The van der Waals surface area contributed by atoms with Crippen LogP contribution in [0.15, 0.2) is 0 Å². The molecular weight excluding hydrogens is 164 g/mol. The molecule has 2 N–H and O–H groups in total. The normalized spacial score (nSPS) is 39.5. The van der Waals surface area contributed by atoms with Crippen molar-refractivity contribution in [2.45, 2.75) is 13.0 Å². The molecule has 1 saturated heterocycles. The van der Waals surface area contributed by atoms with E-state index in [9.17, 15) is 4.79 Å². The average Bonchev–Trinajstić information content (AvgIpc) is 2.38. The predicted octanol–water partition coefficient (Wildman–Crippen LogP) is -0.156. The highest BCUT2D eigenvalue weighted by Crippen LogP contribution is 2.43. The van der Waals surface area contributed by atoms with Gasteiger partial charge in [-0.15, -0.1) is 12.4 Å². The van der Waals surface area contributed by atoms with Gasteiger partial charge in [0, 0.05) is 26.1 Å². The first-order chi connectivity index (χ1) is 4.70. The average molecular weight is 177 g/mol. The fourth-order valence-corrected chi connectivity index (χ4v) is 1.83. The van der Waals surface area contributed by atoms with Crippen molar-refractivity contribution in [2.24, 2.45) is 17.6 Å². The summed E-state index contributed by atoms with van der Waals surface area (Å²) in [5.74, 6) is 1.45. The van der Waals surface area contributed by atoms with E-state index in [0.717, 1.165) is 13.1 Å². The second-order valence-corrected chi connectivity index (χ2v) is 3.33. The fraction of sp³-hybridized carbons (Fsp3) is 0.857. The minimum Gasteiger partial charge on any atom is -0.342 e. The van der Waals surface area contributed by atoms with Gasteiger partial charge in [-0.25, -0.2) is 0 Å². The summed E-state index contributed by atoms with van der Waals surface area (Å²) in [6.45, 7) is 3.43. The van der Waals surface area contributed by atoms with E-state index in [-0.39, 0.29) is 18.3 Å². The number of likely N-dealkylation sites (tertiary alicyclic amines) is 1. The molecule has 11 heavy (non-hydrogen) atoms. The first-order valence-electron chi connectivity index (χ1n) is 3.71. The zero-order valence-corrected chi connectivity index (χ0v) is 7.30. The van der Waals surface area contributed by atoms with Crippen LogP contribution >= 0.6 is 12.4 Å². The van der Waals surface area contributed by atoms with Gasteiger partial charge in [-0.1, -0.05) is 0 Å². The van der Waals surface area contributed by atoms with Crippen molar-refractivity contribution in [3.63, 3.8) is 0 Å². The molecule has 1 heterocycles. The molecule has 2 fully saturated rings. The maximum Gasteiger partial charge on any atom is 0.219 e. The topological polar surface area (TPSA) is 46.3 Å². The van der Waals surface area contributed by atoms with Crippen molar-refractivity contribution in [1.29, 1.82) is 0 Å². The van der Waals surface area contributed by atoms with Gasteiger partial charge >= 0.3 is 0 Å². The van der Waals surface area contributed by atoms with Crippen LogP contribution < -0.4 is 5.73 Å². The Kier molecular flexibility index (Phi) is 2.12. The highest BCUT2D eigenvalue weighted by atomic mass is 35.5. The monoisotopic (exact) mass is 176 g/mol. The number of hydrogen-bond donors (Lipinski definition) is 1. The third-order valence-corrected chi connectivity index (χ3v) is 2.71. The molecule has 2 atom stereocenters. The van der Waals surface area contributed by atoms with E-state index < -0.39 is 0 Å². The number of rotatable bonds is 0. The van der Waals surface area contributed by atoms with Gasteiger partial charge in [-0.05, 0) is 11.8 Å². The lowest BCUT2D eigenvalue weighted by atomic mass is 10.4. The Hall–Kier alpha value is -0.280. The van der Waals surface area contributed by atoms with Crippen molar-refractivity contribution in [1.82, 2.24) is 4.90 Å². The molecule has 2 aliphatic rings. The van der Waals surface area contributed by atoms with Crippen molar-refractivity contribution in [3.8, 4) is 0 Å². The Labute approximate surface area is 72.3 Å². The number of nitrogens with two attached hydrogens (primary N) is 1. The van der Waals surface area contributed by atoms with E-state index in [1.54, 1.807) is 6.92 Å². The second-order valence-electron chi connectivity index (χ2n) is 3.33. The van der Waals surface area contributed by atoms with Crippen LogP contribution in [0.4, 0.5) is 0 Å². The molecule has 2 unspecified atom stereocenters. The number of fused-ring (bicyclic) bond motifs is 1. The van der Waals surface area contributed by atoms with Crippen LogP contribution in [0, 0.1) is 11.8 Å². The smallest absolute Gasteiger partial charge is 0.219 e. The van der Waals surface area contributed by atoms with Gasteiger partial charge in [0.15, 0.2) is 0 Å². The van der Waals surface area contributed by atoms with Crippen molar-refractivity contribution in [2.75, 3.05) is 13.1 Å². The molecule has 0 aromatic carbocycles. The summed E-state index contributed by atoms with van der Waals surface area (Å²) in [4.78, 5) is 12.7. The van der Waals surface area contributed by atoms with E-state index in [2.05, 4.69) is 0 Å². The Balaban J connectivity index is 0.000000605. The lowest BCUT2D eigenvalue weighted by molar-refractivity contribution is -0.128. The summed E-state index contributed by atoms with van der Waals surface area (Å²) in [6.07, 6.45) is 0. The Morgan fingerprint density at radius 2 is 1.91 bits per heavy atom. The highest BCUT2D eigenvalue weighted by molar-refractivity contribution is 5.85. The molecule has 1 aliphatic carbocycles. The number of carbonyl (C=O) groups is 1. The lowest BCUT2D eigenvalue weighted by Gasteiger charge is -2.15. The molecule has 0 aromatic rings. The molecule has 2 rings (SSSR count). The third-order valence-electron chi connectivity index (χ3n) is 2.71. The first kappa shape index (κ1) is 8.81. The van der Waals surface area contributed by atoms with E-state index in [4.69, 9.17) is 5.73 Å². The van der Waals surface area contributed by atoms with Crippen LogP contribution in [0.1, 0.15) is 6.92 Å². The highest BCUT2D eigenvalue weighted by Gasteiger charge is 2.54. The number of amides is 1. The van der Waals surface area contributed by atoms with Gasteiger partial charge in [0.2, 0.25) is 5.91 Å². The van der Waals surface area contributed by atoms with E-state index in [0.29, 0.717) is 17.9 Å². The summed E-state index contributed by atoms with van der Waals surface area (Å²) in [5, 5.41) is 0. The number of carbonyl (C=O) groups excluding carboxylic acids is 1. The molecule has 1 aliphatic heterocycles. The SMILES string of the molecule is CC(=O)N1CC2C(N)C2C1.Cl. The van der Waals surface area contributed by atoms with Crippen molar-refractivity contribution >= 4 is 18.3 Å². The molecule has 0 radical (unpaired) electrons. The van der Waals surface area contributed by atoms with Gasteiger partial charge in [-0.2, -0.15) is 0 Å². The minimum atomic E-state index is 0. The van der Waals surface area contributed by atoms with E-state index >= 15 is 0 Å². The maximum absolute atomic E-state index is 10.8. The summed E-state index contributed by atoms with van der Waals surface area (Å²) in [7, 11) is 0. The summed E-state index contributed by atoms with van der Waals surface area (Å²) in [6, 6.07) is 0.399. The quantitative estimate of drug-likeness (QED) is 0.558. The lowest BCUT2D eigenvalue weighted by Crippen LogP contribution is -2.31. The minimum absolute atomic E-state index is 0. The Bertz CT molecular complexity index is 173. The van der Waals surface area contributed by atoms with Gasteiger partial charge in [0.05, 0.1) is 0 Å². The molecule has 1 saturated carbocycles. The Morgan fingerprint density at radius 3 is 2.27 bits per heavy atom. The zero-order chi connectivity index (χ0) is 7.30. The molecular formula is C7H13ClN2O. The molecule has 64 valence electrons.